The molecule has 0 fully saturated rings. The molecule has 0 saturated carbocycles. The van der Waals surface area contributed by atoms with Crippen molar-refractivity contribution in [2.75, 3.05) is 6.61 Å². The summed E-state index contributed by atoms with van der Waals surface area (Å²) in [6.07, 6.45) is 3.19. The summed E-state index contributed by atoms with van der Waals surface area (Å²) in [6, 6.07) is 1.61. The smallest absolute Gasteiger partial charge is 0.358 e. The summed E-state index contributed by atoms with van der Waals surface area (Å²) in [6.45, 7) is 1.90. The fourth-order valence-corrected chi connectivity index (χ4v) is 1.78. The van der Waals surface area contributed by atoms with E-state index in [9.17, 15) is 4.79 Å². The van der Waals surface area contributed by atoms with Crippen molar-refractivity contribution in [3.63, 3.8) is 0 Å². The number of halogens is 1. The molecule has 0 aliphatic rings. The number of pyridine rings is 1. The van der Waals surface area contributed by atoms with Crippen molar-refractivity contribution in [1.82, 2.24) is 9.38 Å². The number of aliphatic hydroxyl groups excluding tert-OH is 1. The van der Waals surface area contributed by atoms with Crippen molar-refractivity contribution in [3.8, 4) is 0 Å². The van der Waals surface area contributed by atoms with E-state index in [1.807, 2.05) is 0 Å². The number of carbonyl (C=O) groups excluding carboxylic acids is 1. The van der Waals surface area contributed by atoms with Crippen LogP contribution in [0.1, 0.15) is 23.0 Å². The molecule has 0 unspecified atom stereocenters. The molecule has 0 saturated heterocycles. The van der Waals surface area contributed by atoms with Crippen molar-refractivity contribution in [2.45, 2.75) is 13.5 Å². The average Bonchev–Trinajstić information content (AvgIpc) is 2.73. The first-order chi connectivity index (χ1) is 8.15. The van der Waals surface area contributed by atoms with Crippen molar-refractivity contribution in [2.24, 2.45) is 0 Å². The molecular formula is C11H11ClN2O3. The van der Waals surface area contributed by atoms with Crippen LogP contribution in [0.4, 0.5) is 0 Å². The largest absolute Gasteiger partial charge is 0.461 e. The number of carbonyl (C=O) groups is 1. The van der Waals surface area contributed by atoms with E-state index in [4.69, 9.17) is 21.4 Å². The number of imidazole rings is 1. The second kappa shape index (κ2) is 4.73. The first kappa shape index (κ1) is 11.9. The van der Waals surface area contributed by atoms with Crippen LogP contribution in [0, 0.1) is 0 Å². The van der Waals surface area contributed by atoms with Crippen LogP contribution in [-0.4, -0.2) is 27.1 Å². The highest BCUT2D eigenvalue weighted by Gasteiger charge is 2.13. The van der Waals surface area contributed by atoms with Crippen molar-refractivity contribution in [1.29, 1.82) is 0 Å². The van der Waals surface area contributed by atoms with Gasteiger partial charge < -0.3 is 14.2 Å². The first-order valence-corrected chi connectivity index (χ1v) is 5.48. The van der Waals surface area contributed by atoms with E-state index in [0.29, 0.717) is 22.8 Å². The SMILES string of the molecule is CCOC(=O)c1cn2cc(CO)cc(Cl)c2n1. The number of esters is 1. The topological polar surface area (TPSA) is 63.8 Å². The fourth-order valence-electron chi connectivity index (χ4n) is 1.50. The summed E-state index contributed by atoms with van der Waals surface area (Å²) in [5.41, 5.74) is 1.31. The highest BCUT2D eigenvalue weighted by Crippen LogP contribution is 2.19. The predicted octanol–water partition coefficient (Wildman–Crippen LogP) is 1.66. The van der Waals surface area contributed by atoms with Gasteiger partial charge in [-0.3, -0.25) is 0 Å². The van der Waals surface area contributed by atoms with E-state index < -0.39 is 5.97 Å². The van der Waals surface area contributed by atoms with Crippen LogP contribution in [0.3, 0.4) is 0 Å². The molecule has 1 N–H and O–H groups in total. The van der Waals surface area contributed by atoms with E-state index in [2.05, 4.69) is 4.98 Å². The van der Waals surface area contributed by atoms with Crippen molar-refractivity contribution >= 4 is 23.2 Å². The maximum atomic E-state index is 11.5. The minimum Gasteiger partial charge on any atom is -0.461 e. The Hall–Kier alpha value is -1.59. The van der Waals surface area contributed by atoms with Crippen LogP contribution in [-0.2, 0) is 11.3 Å². The van der Waals surface area contributed by atoms with Gasteiger partial charge in [-0.2, -0.15) is 0 Å². The van der Waals surface area contributed by atoms with Crippen LogP contribution in [0.25, 0.3) is 5.65 Å². The quantitative estimate of drug-likeness (QED) is 0.846. The highest BCUT2D eigenvalue weighted by molar-refractivity contribution is 6.33. The number of nitrogens with zero attached hydrogens (tertiary/aromatic N) is 2. The third-order valence-electron chi connectivity index (χ3n) is 2.23. The molecule has 90 valence electrons. The molecule has 0 atom stereocenters. The first-order valence-electron chi connectivity index (χ1n) is 5.10. The lowest BCUT2D eigenvalue weighted by molar-refractivity contribution is 0.0520. The molecular weight excluding hydrogens is 244 g/mol. The van der Waals surface area contributed by atoms with Crippen LogP contribution < -0.4 is 0 Å². The lowest BCUT2D eigenvalue weighted by Gasteiger charge is -1.99. The molecule has 2 aromatic rings. The number of hydrogen-bond donors (Lipinski definition) is 1. The zero-order valence-corrected chi connectivity index (χ0v) is 9.94. The summed E-state index contributed by atoms with van der Waals surface area (Å²) in [5.74, 6) is -0.488. The normalized spacial score (nSPS) is 10.8. The van der Waals surface area contributed by atoms with Gasteiger partial charge in [-0.15, -0.1) is 0 Å². The maximum absolute atomic E-state index is 11.5. The summed E-state index contributed by atoms with van der Waals surface area (Å²) in [4.78, 5) is 15.6. The van der Waals surface area contributed by atoms with Crippen LogP contribution in [0.15, 0.2) is 18.5 Å². The zero-order chi connectivity index (χ0) is 12.4. The molecule has 17 heavy (non-hydrogen) atoms. The van der Waals surface area contributed by atoms with Gasteiger partial charge in [0.2, 0.25) is 0 Å². The van der Waals surface area contributed by atoms with Crippen LogP contribution in [0.2, 0.25) is 5.02 Å². The van der Waals surface area contributed by atoms with Gasteiger partial charge in [0.25, 0.3) is 0 Å². The molecule has 0 aliphatic carbocycles. The number of rotatable bonds is 3. The van der Waals surface area contributed by atoms with Gasteiger partial charge in [-0.25, -0.2) is 9.78 Å². The molecule has 2 rings (SSSR count). The second-order valence-corrected chi connectivity index (χ2v) is 3.84. The van der Waals surface area contributed by atoms with Crippen LogP contribution in [0.5, 0.6) is 0 Å². The summed E-state index contributed by atoms with van der Waals surface area (Å²) < 4.78 is 6.44. The average molecular weight is 255 g/mol. The molecule has 5 nitrogen and oxygen atoms in total. The monoisotopic (exact) mass is 254 g/mol. The Morgan fingerprint density at radius 2 is 2.35 bits per heavy atom. The summed E-state index contributed by atoms with van der Waals surface area (Å²) in [7, 11) is 0. The van der Waals surface area contributed by atoms with Gasteiger partial charge >= 0.3 is 5.97 Å². The van der Waals surface area contributed by atoms with Crippen molar-refractivity contribution < 1.29 is 14.6 Å². The molecule has 0 amide bonds. The number of hydrogen-bond acceptors (Lipinski definition) is 4. The molecule has 0 spiro atoms. The third kappa shape index (κ3) is 2.25. The highest BCUT2D eigenvalue weighted by atomic mass is 35.5. The molecule has 6 heteroatoms. The molecule has 0 bridgehead atoms. The molecule has 0 aliphatic heterocycles. The number of ether oxygens (including phenoxy) is 1. The van der Waals surface area contributed by atoms with Gasteiger partial charge in [-0.1, -0.05) is 11.6 Å². The minimum atomic E-state index is -0.488. The number of aromatic nitrogens is 2. The lowest BCUT2D eigenvalue weighted by Crippen LogP contribution is -2.04. The van der Waals surface area contributed by atoms with Gasteiger partial charge in [0, 0.05) is 12.4 Å². The van der Waals surface area contributed by atoms with Crippen LogP contribution >= 0.6 is 11.6 Å². The fraction of sp³-hybridized carbons (Fsp3) is 0.273. The summed E-state index contributed by atoms with van der Waals surface area (Å²) >= 11 is 5.99. The van der Waals surface area contributed by atoms with E-state index in [1.54, 1.807) is 23.6 Å². The van der Waals surface area contributed by atoms with E-state index in [1.165, 1.54) is 6.20 Å². The Balaban J connectivity index is 2.49. The Labute approximate surface area is 103 Å². The Bertz CT molecular complexity index is 565. The lowest BCUT2D eigenvalue weighted by atomic mass is 10.3. The van der Waals surface area contributed by atoms with Crippen molar-refractivity contribution in [3.05, 3.63) is 34.7 Å². The van der Waals surface area contributed by atoms with Gasteiger partial charge in [0.1, 0.15) is 0 Å². The molecule has 2 aromatic heterocycles. The van der Waals surface area contributed by atoms with E-state index >= 15 is 0 Å². The van der Waals surface area contributed by atoms with Gasteiger partial charge in [0.15, 0.2) is 11.3 Å². The Kier molecular flexibility index (Phi) is 3.31. The minimum absolute atomic E-state index is 0.122. The zero-order valence-electron chi connectivity index (χ0n) is 9.18. The van der Waals surface area contributed by atoms with Gasteiger partial charge in [-0.05, 0) is 18.6 Å². The number of aliphatic hydroxyl groups is 1. The van der Waals surface area contributed by atoms with E-state index in [0.717, 1.165) is 0 Å². The molecule has 0 aromatic carbocycles. The second-order valence-electron chi connectivity index (χ2n) is 3.43. The standard InChI is InChI=1S/C11H11ClN2O3/c1-2-17-11(16)9-5-14-4-7(6-15)3-8(12)10(14)13-9/h3-5,15H,2,6H2,1H3. The van der Waals surface area contributed by atoms with Gasteiger partial charge in [0.05, 0.1) is 18.2 Å². The Morgan fingerprint density at radius 1 is 1.59 bits per heavy atom. The molecule has 0 radical (unpaired) electrons. The summed E-state index contributed by atoms with van der Waals surface area (Å²) in [5, 5.41) is 9.42. The third-order valence-corrected chi connectivity index (χ3v) is 2.51. The molecule has 2 heterocycles. The predicted molar refractivity (Wildman–Crippen MR) is 62.1 cm³/mol. The Morgan fingerprint density at radius 3 is 3.00 bits per heavy atom. The number of fused-ring (bicyclic) bond motifs is 1. The van der Waals surface area contributed by atoms with E-state index in [-0.39, 0.29) is 12.3 Å². The maximum Gasteiger partial charge on any atom is 0.358 e.